The average molecular weight is 302 g/mol. The Balaban J connectivity index is 2.09. The molecule has 1 heterocycles. The first-order chi connectivity index (χ1) is 9.78. The van der Waals surface area contributed by atoms with Crippen LogP contribution in [0.3, 0.4) is 0 Å². The first kappa shape index (κ1) is 13.2. The van der Waals surface area contributed by atoms with Crippen LogP contribution in [0.4, 0.5) is 0 Å². The van der Waals surface area contributed by atoms with Crippen molar-refractivity contribution < 1.29 is 4.74 Å². The van der Waals surface area contributed by atoms with Crippen LogP contribution in [-0.4, -0.2) is 12.1 Å². The maximum Gasteiger partial charge on any atom is 0.184 e. The van der Waals surface area contributed by atoms with E-state index in [1.54, 1.807) is 7.11 Å². The predicted molar refractivity (Wildman–Crippen MR) is 84.5 cm³/mol. The molecule has 0 bridgehead atoms. The summed E-state index contributed by atoms with van der Waals surface area (Å²) in [4.78, 5) is 5.54. The molecule has 2 aromatic carbocycles. The van der Waals surface area contributed by atoms with Gasteiger partial charge in [-0.3, -0.25) is 0 Å². The van der Waals surface area contributed by atoms with Gasteiger partial charge in [0.2, 0.25) is 0 Å². The number of thiazole rings is 1. The van der Waals surface area contributed by atoms with Gasteiger partial charge < -0.3 is 4.74 Å². The molecule has 100 valence electrons. The van der Waals surface area contributed by atoms with Crippen molar-refractivity contribution in [2.24, 2.45) is 0 Å². The third kappa shape index (κ3) is 2.55. The number of hydrogen-bond donors (Lipinski definition) is 0. The molecule has 0 N–H and O–H groups in total. The lowest BCUT2D eigenvalue weighted by molar-refractivity contribution is 0.415. The summed E-state index contributed by atoms with van der Waals surface area (Å²) in [5, 5.41) is 0. The molecule has 0 fully saturated rings. The lowest BCUT2D eigenvalue weighted by atomic mass is 10.1. The fourth-order valence-corrected chi connectivity index (χ4v) is 3.16. The van der Waals surface area contributed by atoms with E-state index in [-0.39, 0.29) is 0 Å². The summed E-state index contributed by atoms with van der Waals surface area (Å²) in [5.74, 6) is 0.830. The van der Waals surface area contributed by atoms with Crippen molar-refractivity contribution in [2.45, 2.75) is 0 Å². The van der Waals surface area contributed by atoms with Crippen LogP contribution in [0.1, 0.15) is 0 Å². The quantitative estimate of drug-likeness (QED) is 0.668. The maximum absolute atomic E-state index is 6.11. The third-order valence-corrected chi connectivity index (χ3v) is 4.21. The molecule has 0 saturated heterocycles. The number of aromatic nitrogens is 1. The Kier molecular flexibility index (Phi) is 3.72. The molecule has 0 amide bonds. The number of methoxy groups -OCH3 is 1. The Morgan fingerprint density at radius 3 is 2.30 bits per heavy atom. The highest BCUT2D eigenvalue weighted by molar-refractivity contribution is 7.19. The van der Waals surface area contributed by atoms with Gasteiger partial charge in [-0.2, -0.15) is 0 Å². The Hall–Kier alpha value is -1.84. The number of nitrogens with zero attached hydrogens (tertiary/aromatic N) is 1. The third-order valence-electron chi connectivity index (χ3n) is 3.00. The van der Waals surface area contributed by atoms with Gasteiger partial charge in [-0.25, -0.2) is 4.98 Å². The zero-order valence-electron chi connectivity index (χ0n) is 10.8. The molecule has 2 nitrogen and oxygen atoms in total. The van der Waals surface area contributed by atoms with Gasteiger partial charge in [-0.1, -0.05) is 41.9 Å². The number of ether oxygens (including phenoxy) is 1. The first-order valence-corrected chi connectivity index (χ1v) is 7.33. The van der Waals surface area contributed by atoms with E-state index in [1.807, 2.05) is 42.5 Å². The molecule has 4 heteroatoms. The van der Waals surface area contributed by atoms with Gasteiger partial charge in [0.25, 0.3) is 0 Å². The van der Waals surface area contributed by atoms with E-state index in [0.29, 0.717) is 4.47 Å². The minimum Gasteiger partial charge on any atom is -0.497 e. The minimum atomic E-state index is 0.551. The number of halogens is 1. The SMILES string of the molecule is COc1ccc(-c2nc(Cl)sc2-c2ccccc2)cc1. The van der Waals surface area contributed by atoms with E-state index >= 15 is 0 Å². The van der Waals surface area contributed by atoms with Crippen LogP contribution in [0.2, 0.25) is 4.47 Å². The molecular weight excluding hydrogens is 290 g/mol. The van der Waals surface area contributed by atoms with Crippen LogP contribution in [0.25, 0.3) is 21.7 Å². The molecule has 0 radical (unpaired) electrons. The van der Waals surface area contributed by atoms with Gasteiger partial charge in [-0.05, 0) is 29.8 Å². The summed E-state index contributed by atoms with van der Waals surface area (Å²) in [6.45, 7) is 0. The van der Waals surface area contributed by atoms with E-state index in [0.717, 1.165) is 27.4 Å². The molecule has 3 aromatic rings. The van der Waals surface area contributed by atoms with Crippen molar-refractivity contribution in [3.63, 3.8) is 0 Å². The maximum atomic E-state index is 6.11. The van der Waals surface area contributed by atoms with Crippen LogP contribution in [-0.2, 0) is 0 Å². The average Bonchev–Trinajstić information content (AvgIpc) is 2.90. The van der Waals surface area contributed by atoms with E-state index in [9.17, 15) is 0 Å². The summed E-state index contributed by atoms with van der Waals surface area (Å²) < 4.78 is 5.73. The van der Waals surface area contributed by atoms with Crippen LogP contribution in [0.5, 0.6) is 5.75 Å². The van der Waals surface area contributed by atoms with E-state index < -0.39 is 0 Å². The fraction of sp³-hybridized carbons (Fsp3) is 0.0625. The fourth-order valence-electron chi connectivity index (χ4n) is 2.02. The van der Waals surface area contributed by atoms with Gasteiger partial charge in [-0.15, -0.1) is 11.3 Å². The Labute approximate surface area is 126 Å². The van der Waals surface area contributed by atoms with E-state index in [4.69, 9.17) is 16.3 Å². The zero-order chi connectivity index (χ0) is 13.9. The zero-order valence-corrected chi connectivity index (χ0v) is 12.4. The topological polar surface area (TPSA) is 22.1 Å². The highest BCUT2D eigenvalue weighted by Crippen LogP contribution is 2.38. The molecule has 0 saturated carbocycles. The normalized spacial score (nSPS) is 10.5. The Bertz CT molecular complexity index is 707. The van der Waals surface area contributed by atoms with Crippen LogP contribution in [0.15, 0.2) is 54.6 Å². The van der Waals surface area contributed by atoms with Crippen molar-refractivity contribution in [1.82, 2.24) is 4.98 Å². The summed E-state index contributed by atoms with van der Waals surface area (Å²) in [5.41, 5.74) is 3.07. The van der Waals surface area contributed by atoms with Crippen molar-refractivity contribution in [1.29, 1.82) is 0 Å². The summed E-state index contributed by atoms with van der Waals surface area (Å²) in [6.07, 6.45) is 0. The van der Waals surface area contributed by atoms with Crippen LogP contribution >= 0.6 is 22.9 Å². The van der Waals surface area contributed by atoms with Crippen molar-refractivity contribution in [3.8, 4) is 27.4 Å². The summed E-state index contributed by atoms with van der Waals surface area (Å²) >= 11 is 7.60. The molecule has 20 heavy (non-hydrogen) atoms. The summed E-state index contributed by atoms with van der Waals surface area (Å²) in [6, 6.07) is 18.0. The minimum absolute atomic E-state index is 0.551. The second-order valence-corrected chi connectivity index (χ2v) is 5.82. The standard InChI is InChI=1S/C16H12ClNOS/c1-19-13-9-7-11(8-10-13)14-15(20-16(17)18-14)12-5-3-2-4-6-12/h2-10H,1H3. The van der Waals surface area contributed by atoms with Crippen LogP contribution in [0, 0.1) is 0 Å². The van der Waals surface area contributed by atoms with Crippen molar-refractivity contribution >= 4 is 22.9 Å². The smallest absolute Gasteiger partial charge is 0.184 e. The second kappa shape index (κ2) is 5.65. The lowest BCUT2D eigenvalue weighted by Crippen LogP contribution is -1.84. The summed E-state index contributed by atoms with van der Waals surface area (Å²) in [7, 11) is 1.66. The molecule has 0 spiro atoms. The first-order valence-electron chi connectivity index (χ1n) is 6.14. The molecule has 0 aliphatic rings. The molecule has 3 rings (SSSR count). The van der Waals surface area contributed by atoms with Gasteiger partial charge >= 0.3 is 0 Å². The number of hydrogen-bond acceptors (Lipinski definition) is 3. The molecule has 1 aromatic heterocycles. The molecule has 0 unspecified atom stereocenters. The molecule has 0 atom stereocenters. The van der Waals surface area contributed by atoms with Crippen molar-refractivity contribution in [3.05, 3.63) is 59.1 Å². The van der Waals surface area contributed by atoms with Gasteiger partial charge in [0, 0.05) is 5.56 Å². The molecule has 0 aliphatic heterocycles. The Morgan fingerprint density at radius 1 is 0.950 bits per heavy atom. The second-order valence-electron chi connectivity index (χ2n) is 4.24. The lowest BCUT2D eigenvalue weighted by Gasteiger charge is -2.04. The van der Waals surface area contributed by atoms with E-state index in [1.165, 1.54) is 11.3 Å². The largest absolute Gasteiger partial charge is 0.497 e. The van der Waals surface area contributed by atoms with Crippen molar-refractivity contribution in [2.75, 3.05) is 7.11 Å². The number of benzene rings is 2. The predicted octanol–water partition coefficient (Wildman–Crippen LogP) is 5.14. The number of rotatable bonds is 3. The van der Waals surface area contributed by atoms with Crippen LogP contribution < -0.4 is 4.74 Å². The molecule has 0 aliphatic carbocycles. The van der Waals surface area contributed by atoms with E-state index in [2.05, 4.69) is 17.1 Å². The highest BCUT2D eigenvalue weighted by atomic mass is 35.5. The van der Waals surface area contributed by atoms with Gasteiger partial charge in [0.05, 0.1) is 17.7 Å². The highest BCUT2D eigenvalue weighted by Gasteiger charge is 2.13. The monoisotopic (exact) mass is 301 g/mol. The Morgan fingerprint density at radius 2 is 1.65 bits per heavy atom. The van der Waals surface area contributed by atoms with Gasteiger partial charge in [0.1, 0.15) is 5.75 Å². The molecular formula is C16H12ClNOS. The van der Waals surface area contributed by atoms with Gasteiger partial charge in [0.15, 0.2) is 4.47 Å².